The summed E-state index contributed by atoms with van der Waals surface area (Å²) in [6, 6.07) is 8.55. The van der Waals surface area contributed by atoms with E-state index < -0.39 is 10.0 Å². The molecule has 1 N–H and O–H groups in total. The van der Waals surface area contributed by atoms with Gasteiger partial charge >= 0.3 is 0 Å². The Morgan fingerprint density at radius 2 is 1.93 bits per heavy atom. The summed E-state index contributed by atoms with van der Waals surface area (Å²) in [6.45, 7) is 3.81. The van der Waals surface area contributed by atoms with E-state index in [1.165, 1.54) is 20.2 Å². The SMILES string of the molecule is Cc1cc(C(=O)NCc2ccnc(-n3cccn3)c2)cc(S(=O)(=O)N(C)C)c1C. The Bertz CT molecular complexity index is 1140. The van der Waals surface area contributed by atoms with Crippen molar-refractivity contribution in [1.29, 1.82) is 0 Å². The molecule has 8 nitrogen and oxygen atoms in total. The molecule has 2 heterocycles. The van der Waals surface area contributed by atoms with E-state index in [0.29, 0.717) is 16.9 Å². The second-order valence-corrected chi connectivity index (χ2v) is 8.98. The van der Waals surface area contributed by atoms with E-state index >= 15 is 0 Å². The second-order valence-electron chi connectivity index (χ2n) is 6.86. The van der Waals surface area contributed by atoms with Crippen molar-refractivity contribution < 1.29 is 13.2 Å². The van der Waals surface area contributed by atoms with Gasteiger partial charge in [0, 0.05) is 44.8 Å². The minimum absolute atomic E-state index is 0.137. The van der Waals surface area contributed by atoms with Crippen LogP contribution < -0.4 is 5.32 Å². The molecule has 3 aromatic rings. The third-order valence-electron chi connectivity index (χ3n) is 4.64. The summed E-state index contributed by atoms with van der Waals surface area (Å²) in [5, 5.41) is 6.98. The Balaban J connectivity index is 1.82. The highest BCUT2D eigenvalue weighted by atomic mass is 32.2. The van der Waals surface area contributed by atoms with Gasteiger partial charge in [-0.1, -0.05) is 0 Å². The number of sulfonamides is 1. The molecule has 1 amide bonds. The molecular weight excluding hydrogens is 390 g/mol. The highest BCUT2D eigenvalue weighted by Gasteiger charge is 2.23. The standard InChI is InChI=1S/C20H23N5O3S/c1-14-10-17(12-18(15(14)2)29(27,28)24(3)4)20(26)22-13-16-6-8-21-19(11-16)25-9-5-7-23-25/h5-12H,13H2,1-4H3,(H,22,26). The summed E-state index contributed by atoms with van der Waals surface area (Å²) in [5.41, 5.74) is 2.52. The molecule has 0 radical (unpaired) electrons. The van der Waals surface area contributed by atoms with Gasteiger partial charge in [-0.25, -0.2) is 22.4 Å². The number of rotatable bonds is 6. The molecule has 29 heavy (non-hydrogen) atoms. The van der Waals surface area contributed by atoms with E-state index in [-0.39, 0.29) is 17.3 Å². The average Bonchev–Trinajstić information content (AvgIpc) is 3.23. The third kappa shape index (κ3) is 4.36. The van der Waals surface area contributed by atoms with Gasteiger partial charge in [-0.15, -0.1) is 0 Å². The number of benzene rings is 1. The van der Waals surface area contributed by atoms with Crippen LogP contribution >= 0.6 is 0 Å². The predicted octanol–water partition coefficient (Wildman–Crippen LogP) is 2.06. The van der Waals surface area contributed by atoms with Crippen LogP contribution in [0.1, 0.15) is 27.0 Å². The summed E-state index contributed by atoms with van der Waals surface area (Å²) < 4.78 is 28.0. The number of amides is 1. The van der Waals surface area contributed by atoms with Crippen LogP contribution in [0, 0.1) is 13.8 Å². The molecule has 0 unspecified atom stereocenters. The second kappa shape index (κ2) is 8.14. The molecule has 0 spiro atoms. The summed E-state index contributed by atoms with van der Waals surface area (Å²) >= 11 is 0. The van der Waals surface area contributed by atoms with Gasteiger partial charge in [-0.05, 0) is 60.9 Å². The van der Waals surface area contributed by atoms with Gasteiger partial charge < -0.3 is 5.32 Å². The van der Waals surface area contributed by atoms with E-state index in [1.54, 1.807) is 55.3 Å². The molecule has 2 aromatic heterocycles. The first-order chi connectivity index (χ1) is 13.7. The Morgan fingerprint density at radius 3 is 2.59 bits per heavy atom. The fourth-order valence-corrected chi connectivity index (χ4v) is 4.02. The van der Waals surface area contributed by atoms with Gasteiger partial charge in [-0.3, -0.25) is 4.79 Å². The first-order valence-corrected chi connectivity index (χ1v) is 10.4. The van der Waals surface area contributed by atoms with Crippen molar-refractivity contribution in [1.82, 2.24) is 24.4 Å². The van der Waals surface area contributed by atoms with Crippen molar-refractivity contribution in [3.8, 4) is 5.82 Å². The number of hydrogen-bond donors (Lipinski definition) is 1. The molecule has 0 aliphatic rings. The van der Waals surface area contributed by atoms with Crippen molar-refractivity contribution in [3.05, 3.63) is 71.2 Å². The van der Waals surface area contributed by atoms with Crippen LogP contribution in [0.2, 0.25) is 0 Å². The van der Waals surface area contributed by atoms with Crippen molar-refractivity contribution in [2.45, 2.75) is 25.3 Å². The van der Waals surface area contributed by atoms with Gasteiger partial charge in [0.25, 0.3) is 5.91 Å². The van der Waals surface area contributed by atoms with E-state index in [2.05, 4.69) is 15.4 Å². The minimum atomic E-state index is -3.65. The Hall–Kier alpha value is -3.04. The van der Waals surface area contributed by atoms with E-state index in [1.807, 2.05) is 6.07 Å². The molecule has 0 bridgehead atoms. The highest BCUT2D eigenvalue weighted by Crippen LogP contribution is 2.23. The molecule has 152 valence electrons. The first kappa shape index (κ1) is 20.7. The van der Waals surface area contributed by atoms with Crippen molar-refractivity contribution >= 4 is 15.9 Å². The Labute approximate surface area is 170 Å². The topological polar surface area (TPSA) is 97.2 Å². The van der Waals surface area contributed by atoms with E-state index in [9.17, 15) is 13.2 Å². The quantitative estimate of drug-likeness (QED) is 0.667. The van der Waals surface area contributed by atoms with E-state index in [0.717, 1.165) is 15.4 Å². The van der Waals surface area contributed by atoms with Crippen LogP contribution in [0.15, 0.2) is 53.8 Å². The van der Waals surface area contributed by atoms with Crippen LogP contribution in [-0.2, 0) is 16.6 Å². The third-order valence-corrected chi connectivity index (χ3v) is 6.58. The number of aromatic nitrogens is 3. The van der Waals surface area contributed by atoms with Crippen molar-refractivity contribution in [2.24, 2.45) is 0 Å². The average molecular weight is 414 g/mol. The lowest BCUT2D eigenvalue weighted by molar-refractivity contribution is 0.0950. The Morgan fingerprint density at radius 1 is 1.17 bits per heavy atom. The first-order valence-electron chi connectivity index (χ1n) is 8.97. The summed E-state index contributed by atoms with van der Waals surface area (Å²) in [5.74, 6) is 0.299. The van der Waals surface area contributed by atoms with E-state index in [4.69, 9.17) is 0 Å². The smallest absolute Gasteiger partial charge is 0.251 e. The van der Waals surface area contributed by atoms with Crippen LogP contribution in [0.5, 0.6) is 0 Å². The largest absolute Gasteiger partial charge is 0.348 e. The molecule has 0 saturated heterocycles. The molecule has 1 aromatic carbocycles. The number of nitrogens with one attached hydrogen (secondary N) is 1. The lowest BCUT2D eigenvalue weighted by atomic mass is 10.1. The summed E-state index contributed by atoms with van der Waals surface area (Å²) in [4.78, 5) is 17.1. The van der Waals surface area contributed by atoms with Gasteiger partial charge in [0.2, 0.25) is 10.0 Å². The van der Waals surface area contributed by atoms with Crippen molar-refractivity contribution in [2.75, 3.05) is 14.1 Å². The van der Waals surface area contributed by atoms with Gasteiger partial charge in [-0.2, -0.15) is 5.10 Å². The fraction of sp³-hybridized carbons (Fsp3) is 0.250. The number of nitrogens with zero attached hydrogens (tertiary/aromatic N) is 4. The number of pyridine rings is 1. The molecule has 3 rings (SSSR count). The van der Waals surface area contributed by atoms with Crippen LogP contribution in [0.25, 0.3) is 5.82 Å². The molecule has 0 atom stereocenters. The van der Waals surface area contributed by atoms with Crippen LogP contribution in [0.3, 0.4) is 0 Å². The minimum Gasteiger partial charge on any atom is -0.348 e. The lowest BCUT2D eigenvalue weighted by Gasteiger charge is -2.16. The highest BCUT2D eigenvalue weighted by molar-refractivity contribution is 7.89. The molecule has 0 aliphatic heterocycles. The number of hydrogen-bond acceptors (Lipinski definition) is 5. The normalized spacial score (nSPS) is 11.6. The predicted molar refractivity (Wildman–Crippen MR) is 109 cm³/mol. The maximum atomic E-state index is 12.7. The van der Waals surface area contributed by atoms with Crippen LogP contribution in [-0.4, -0.2) is 47.5 Å². The van der Waals surface area contributed by atoms with Crippen molar-refractivity contribution in [3.63, 3.8) is 0 Å². The number of carbonyl (C=O) groups is 1. The van der Waals surface area contributed by atoms with Gasteiger partial charge in [0.05, 0.1) is 4.90 Å². The summed E-state index contributed by atoms with van der Waals surface area (Å²) in [6.07, 6.45) is 5.10. The molecule has 0 fully saturated rings. The maximum absolute atomic E-state index is 12.7. The molecule has 0 saturated carbocycles. The number of aryl methyl sites for hydroxylation is 1. The zero-order valence-corrected chi connectivity index (χ0v) is 17.6. The summed E-state index contributed by atoms with van der Waals surface area (Å²) in [7, 11) is -0.709. The molecule has 0 aliphatic carbocycles. The van der Waals surface area contributed by atoms with Gasteiger partial charge in [0.1, 0.15) is 0 Å². The zero-order chi connectivity index (χ0) is 21.2. The molecular formula is C20H23N5O3S. The molecule has 9 heteroatoms. The van der Waals surface area contributed by atoms with Crippen LogP contribution in [0.4, 0.5) is 0 Å². The fourth-order valence-electron chi connectivity index (χ4n) is 2.81. The number of carbonyl (C=O) groups excluding carboxylic acids is 1. The zero-order valence-electron chi connectivity index (χ0n) is 16.7. The lowest BCUT2D eigenvalue weighted by Crippen LogP contribution is -2.26. The maximum Gasteiger partial charge on any atom is 0.251 e. The monoisotopic (exact) mass is 413 g/mol. The Kier molecular flexibility index (Phi) is 5.81. The van der Waals surface area contributed by atoms with Gasteiger partial charge in [0.15, 0.2) is 5.82 Å².